The Balaban J connectivity index is 0.00000225. The van der Waals surface area contributed by atoms with Gasteiger partial charge in [0, 0.05) is 29.7 Å². The van der Waals surface area contributed by atoms with E-state index in [0.29, 0.717) is 6.54 Å². The van der Waals surface area contributed by atoms with Crippen molar-refractivity contribution in [3.05, 3.63) is 46.9 Å². The molecule has 3 rings (SSSR count). The minimum atomic E-state index is -0.529. The number of benzene rings is 1. The van der Waals surface area contributed by atoms with Crippen LogP contribution in [0.25, 0.3) is 10.1 Å². The van der Waals surface area contributed by atoms with Gasteiger partial charge in [0.1, 0.15) is 6.10 Å². The van der Waals surface area contributed by atoms with Crippen molar-refractivity contribution in [3.8, 4) is 0 Å². The highest BCUT2D eigenvalue weighted by atomic mass is 127. The summed E-state index contributed by atoms with van der Waals surface area (Å²) in [4.78, 5) is 5.21. The Morgan fingerprint density at radius 1 is 1.32 bits per heavy atom. The smallest absolute Gasteiger partial charge is 0.191 e. The minimum Gasteiger partial charge on any atom is -0.386 e. The topological polar surface area (TPSA) is 56.7 Å². The number of rotatable bonds is 6. The van der Waals surface area contributed by atoms with Gasteiger partial charge >= 0.3 is 0 Å². The first-order valence-electron chi connectivity index (χ1n) is 8.55. The number of halogens is 1. The van der Waals surface area contributed by atoms with Gasteiger partial charge in [-0.15, -0.1) is 35.3 Å². The van der Waals surface area contributed by atoms with E-state index in [1.165, 1.54) is 29.3 Å². The first-order valence-corrected chi connectivity index (χ1v) is 9.37. The maximum Gasteiger partial charge on any atom is 0.191 e. The van der Waals surface area contributed by atoms with Gasteiger partial charge in [-0.1, -0.05) is 29.8 Å². The Morgan fingerprint density at radius 2 is 2.16 bits per heavy atom. The van der Waals surface area contributed by atoms with Crippen molar-refractivity contribution in [2.75, 3.05) is 20.1 Å². The van der Waals surface area contributed by atoms with Crippen molar-refractivity contribution in [1.82, 2.24) is 10.6 Å². The van der Waals surface area contributed by atoms with Gasteiger partial charge in [-0.25, -0.2) is 0 Å². The molecule has 1 atom stereocenters. The number of allylic oxidation sites excluding steroid dienone is 1. The van der Waals surface area contributed by atoms with Crippen LogP contribution < -0.4 is 10.6 Å². The molecule has 6 heteroatoms. The molecule has 3 N–H and O–H groups in total. The van der Waals surface area contributed by atoms with E-state index in [4.69, 9.17) is 0 Å². The molecule has 2 aromatic rings. The summed E-state index contributed by atoms with van der Waals surface area (Å²) in [6.45, 7) is 1.33. The average Bonchev–Trinajstić information content (AvgIpc) is 3.26. The van der Waals surface area contributed by atoms with Gasteiger partial charge in [-0.2, -0.15) is 0 Å². The molecule has 1 aromatic carbocycles. The predicted octanol–water partition coefficient (Wildman–Crippen LogP) is 4.22. The van der Waals surface area contributed by atoms with Crippen LogP contribution in [0.4, 0.5) is 0 Å². The number of guanidine groups is 1. The molecule has 0 saturated heterocycles. The normalized spacial score (nSPS) is 15.6. The monoisotopic (exact) mass is 471 g/mol. The van der Waals surface area contributed by atoms with Gasteiger partial charge in [0.05, 0.1) is 0 Å². The summed E-state index contributed by atoms with van der Waals surface area (Å²) < 4.78 is 1.21. The fourth-order valence-electron chi connectivity index (χ4n) is 2.99. The Morgan fingerprint density at radius 3 is 2.88 bits per heavy atom. The average molecular weight is 471 g/mol. The Labute approximate surface area is 170 Å². The number of fused-ring (bicyclic) bond motifs is 1. The second-order valence-electron chi connectivity index (χ2n) is 6.09. The number of aliphatic hydroxyl groups is 1. The van der Waals surface area contributed by atoms with E-state index in [1.807, 2.05) is 12.1 Å². The van der Waals surface area contributed by atoms with E-state index in [-0.39, 0.29) is 24.0 Å². The molecule has 0 saturated carbocycles. The molecule has 1 heterocycles. The molecule has 0 bridgehead atoms. The van der Waals surface area contributed by atoms with E-state index in [9.17, 15) is 5.11 Å². The Bertz CT molecular complexity index is 708. The van der Waals surface area contributed by atoms with Gasteiger partial charge in [0.25, 0.3) is 0 Å². The highest BCUT2D eigenvalue weighted by Crippen LogP contribution is 2.29. The fraction of sp³-hybridized carbons (Fsp3) is 0.421. The van der Waals surface area contributed by atoms with Crippen LogP contribution in [0.1, 0.15) is 36.7 Å². The van der Waals surface area contributed by atoms with E-state index in [2.05, 4.69) is 39.9 Å². The van der Waals surface area contributed by atoms with Crippen LogP contribution in [0.3, 0.4) is 0 Å². The molecular weight excluding hydrogens is 445 g/mol. The van der Waals surface area contributed by atoms with Crippen molar-refractivity contribution in [3.63, 3.8) is 0 Å². The van der Waals surface area contributed by atoms with E-state index in [1.54, 1.807) is 24.0 Å². The van der Waals surface area contributed by atoms with Gasteiger partial charge < -0.3 is 15.7 Å². The zero-order valence-electron chi connectivity index (χ0n) is 14.5. The molecule has 0 amide bonds. The second kappa shape index (κ2) is 10.1. The SMILES string of the molecule is CN=C(NCCC1=CCCC1)NCC(O)c1cc2ccccc2s1.I. The van der Waals surface area contributed by atoms with Crippen LogP contribution in [-0.2, 0) is 0 Å². The molecule has 0 spiro atoms. The number of nitrogens with one attached hydrogen (secondary N) is 2. The quantitative estimate of drug-likeness (QED) is 0.256. The number of hydrogen-bond acceptors (Lipinski definition) is 3. The van der Waals surface area contributed by atoms with E-state index < -0.39 is 6.10 Å². The highest BCUT2D eigenvalue weighted by molar-refractivity contribution is 14.0. The third kappa shape index (κ3) is 5.69. The summed E-state index contributed by atoms with van der Waals surface area (Å²) in [6.07, 6.45) is 6.65. The number of thiophene rings is 1. The second-order valence-corrected chi connectivity index (χ2v) is 7.20. The lowest BCUT2D eigenvalue weighted by molar-refractivity contribution is 0.184. The zero-order valence-corrected chi connectivity index (χ0v) is 17.6. The summed E-state index contributed by atoms with van der Waals surface area (Å²) >= 11 is 1.64. The zero-order chi connectivity index (χ0) is 16.8. The molecule has 4 nitrogen and oxygen atoms in total. The summed E-state index contributed by atoms with van der Waals surface area (Å²) in [5.74, 6) is 0.744. The Kier molecular flexibility index (Phi) is 8.18. The Hall–Kier alpha value is -1.12. The molecule has 1 aliphatic carbocycles. The molecular formula is C19H26IN3OS. The summed E-state index contributed by atoms with van der Waals surface area (Å²) in [7, 11) is 1.76. The van der Waals surface area contributed by atoms with Crippen molar-refractivity contribution in [1.29, 1.82) is 0 Å². The first kappa shape index (κ1) is 20.2. The molecule has 1 aliphatic rings. The lowest BCUT2D eigenvalue weighted by Crippen LogP contribution is -2.39. The van der Waals surface area contributed by atoms with Crippen LogP contribution in [-0.4, -0.2) is 31.2 Å². The van der Waals surface area contributed by atoms with Crippen molar-refractivity contribution in [2.24, 2.45) is 4.99 Å². The van der Waals surface area contributed by atoms with Gasteiger partial charge in [0.2, 0.25) is 0 Å². The van der Waals surface area contributed by atoms with Gasteiger partial charge in [-0.05, 0) is 43.2 Å². The van der Waals surface area contributed by atoms with Crippen LogP contribution >= 0.6 is 35.3 Å². The third-order valence-electron chi connectivity index (χ3n) is 4.33. The minimum absolute atomic E-state index is 0. The lowest BCUT2D eigenvalue weighted by Gasteiger charge is -2.14. The molecule has 1 unspecified atom stereocenters. The molecule has 0 radical (unpaired) electrons. The first-order chi connectivity index (χ1) is 11.8. The van der Waals surface area contributed by atoms with Crippen molar-refractivity contribution >= 4 is 51.4 Å². The number of nitrogens with zero attached hydrogens (tertiary/aromatic N) is 1. The lowest BCUT2D eigenvalue weighted by atomic mass is 10.2. The van der Waals surface area contributed by atoms with Crippen LogP contribution in [0.15, 0.2) is 47.0 Å². The van der Waals surface area contributed by atoms with Gasteiger partial charge in [0.15, 0.2) is 5.96 Å². The molecule has 136 valence electrons. The highest BCUT2D eigenvalue weighted by Gasteiger charge is 2.12. The number of hydrogen-bond donors (Lipinski definition) is 3. The predicted molar refractivity (Wildman–Crippen MR) is 118 cm³/mol. The number of aliphatic imine (C=N–C) groups is 1. The van der Waals surface area contributed by atoms with Crippen molar-refractivity contribution in [2.45, 2.75) is 31.8 Å². The standard InChI is InChI=1S/C19H25N3OS.HI/c1-20-19(21-11-10-14-6-2-3-7-14)22-13-16(23)18-12-15-8-4-5-9-17(15)24-18;/h4-6,8-9,12,16,23H,2-3,7,10-11,13H2,1H3,(H2,20,21,22);1H. The van der Waals surface area contributed by atoms with Crippen LogP contribution in [0.2, 0.25) is 0 Å². The summed E-state index contributed by atoms with van der Waals surface area (Å²) in [5.41, 5.74) is 1.54. The summed E-state index contributed by atoms with van der Waals surface area (Å²) in [6, 6.07) is 10.3. The molecule has 25 heavy (non-hydrogen) atoms. The third-order valence-corrected chi connectivity index (χ3v) is 5.55. The largest absolute Gasteiger partial charge is 0.386 e. The van der Waals surface area contributed by atoms with E-state index in [0.717, 1.165) is 23.8 Å². The van der Waals surface area contributed by atoms with E-state index >= 15 is 0 Å². The van der Waals surface area contributed by atoms with Crippen LogP contribution in [0, 0.1) is 0 Å². The fourth-order valence-corrected chi connectivity index (χ4v) is 4.04. The molecule has 1 aromatic heterocycles. The molecule has 0 fully saturated rings. The summed E-state index contributed by atoms with van der Waals surface area (Å²) in [5, 5.41) is 18.1. The van der Waals surface area contributed by atoms with Crippen LogP contribution in [0.5, 0.6) is 0 Å². The van der Waals surface area contributed by atoms with Gasteiger partial charge in [-0.3, -0.25) is 4.99 Å². The maximum absolute atomic E-state index is 10.4. The molecule has 0 aliphatic heterocycles. The van der Waals surface area contributed by atoms with Crippen molar-refractivity contribution < 1.29 is 5.11 Å². The maximum atomic E-state index is 10.4. The number of aliphatic hydroxyl groups excluding tert-OH is 1.